The van der Waals surface area contributed by atoms with E-state index >= 15 is 0 Å². The van der Waals surface area contributed by atoms with E-state index in [4.69, 9.17) is 5.53 Å². The van der Waals surface area contributed by atoms with E-state index in [0.717, 1.165) is 18.4 Å². The van der Waals surface area contributed by atoms with Crippen molar-refractivity contribution in [3.63, 3.8) is 0 Å². The van der Waals surface area contributed by atoms with Gasteiger partial charge in [-0.25, -0.2) is 5.53 Å². The van der Waals surface area contributed by atoms with E-state index in [-0.39, 0.29) is 0 Å². The summed E-state index contributed by atoms with van der Waals surface area (Å²) in [6, 6.07) is 0. The lowest BCUT2D eigenvalue weighted by Crippen LogP contribution is -2.15. The molecule has 1 aliphatic rings. The average Bonchev–Trinajstić information content (AvgIpc) is 1.88. The predicted molar refractivity (Wildman–Crippen MR) is 41.1 cm³/mol. The van der Waals surface area contributed by atoms with Crippen LogP contribution in [-0.2, 0) is 0 Å². The minimum Gasteiger partial charge on any atom is -0.210 e. The van der Waals surface area contributed by atoms with Gasteiger partial charge < -0.3 is 0 Å². The molecule has 2 unspecified atom stereocenters. The topological polar surface area (TPSA) is 36.2 Å². The highest BCUT2D eigenvalue weighted by atomic mass is 14.9. The smallest absolute Gasteiger partial charge is 0.0624 e. The molecule has 1 rings (SSSR count). The van der Waals surface area contributed by atoms with Gasteiger partial charge >= 0.3 is 0 Å². The van der Waals surface area contributed by atoms with Crippen LogP contribution in [0.1, 0.15) is 32.6 Å². The van der Waals surface area contributed by atoms with E-state index < -0.39 is 0 Å². The summed E-state index contributed by atoms with van der Waals surface area (Å²) >= 11 is 0. The molecule has 0 bridgehead atoms. The molecular formula is C8H16N2. The molecule has 2 atom stereocenters. The molecule has 0 aromatic rings. The first-order valence-corrected chi connectivity index (χ1v) is 4.16. The molecule has 0 heterocycles. The van der Waals surface area contributed by atoms with E-state index in [1.54, 1.807) is 0 Å². The standard InChI is InChI=1S/C8H16N2/c1-7-3-2-4-8(5-7)6-10-9/h7-9H,2-6H2,1H3. The molecule has 0 aromatic heterocycles. The van der Waals surface area contributed by atoms with Crippen molar-refractivity contribution >= 4 is 0 Å². The largest absolute Gasteiger partial charge is 0.210 e. The quantitative estimate of drug-likeness (QED) is 0.572. The zero-order valence-electron chi connectivity index (χ0n) is 6.64. The SMILES string of the molecule is CC1CCCC(CN=N)C1. The highest BCUT2D eigenvalue weighted by Gasteiger charge is 2.17. The van der Waals surface area contributed by atoms with Crippen LogP contribution < -0.4 is 0 Å². The summed E-state index contributed by atoms with van der Waals surface area (Å²) in [6.45, 7) is 3.07. The summed E-state index contributed by atoms with van der Waals surface area (Å²) in [5, 5.41) is 3.44. The molecule has 58 valence electrons. The van der Waals surface area contributed by atoms with Crippen LogP contribution in [0.25, 0.3) is 0 Å². The molecule has 1 saturated carbocycles. The Labute approximate surface area is 62.5 Å². The van der Waals surface area contributed by atoms with E-state index in [2.05, 4.69) is 12.0 Å². The van der Waals surface area contributed by atoms with Crippen molar-refractivity contribution in [2.75, 3.05) is 6.54 Å². The van der Waals surface area contributed by atoms with Gasteiger partial charge in [-0.15, -0.1) is 0 Å². The van der Waals surface area contributed by atoms with Crippen molar-refractivity contribution in [3.8, 4) is 0 Å². The van der Waals surface area contributed by atoms with Crippen LogP contribution >= 0.6 is 0 Å². The third-order valence-corrected chi connectivity index (χ3v) is 2.39. The van der Waals surface area contributed by atoms with Crippen LogP contribution in [-0.4, -0.2) is 6.54 Å². The first-order valence-electron chi connectivity index (χ1n) is 4.16. The van der Waals surface area contributed by atoms with Crippen LogP contribution in [0.3, 0.4) is 0 Å². The summed E-state index contributed by atoms with van der Waals surface area (Å²) in [4.78, 5) is 0. The fraction of sp³-hybridized carbons (Fsp3) is 1.00. The van der Waals surface area contributed by atoms with Gasteiger partial charge in [0, 0.05) is 0 Å². The van der Waals surface area contributed by atoms with Crippen LogP contribution in [0.5, 0.6) is 0 Å². The molecule has 2 heteroatoms. The summed E-state index contributed by atoms with van der Waals surface area (Å²) in [5.74, 6) is 1.60. The molecule has 0 spiro atoms. The second-order valence-electron chi connectivity index (χ2n) is 3.48. The Morgan fingerprint density at radius 3 is 2.90 bits per heavy atom. The predicted octanol–water partition coefficient (Wildman–Crippen LogP) is 2.84. The van der Waals surface area contributed by atoms with Crippen molar-refractivity contribution in [3.05, 3.63) is 0 Å². The first kappa shape index (κ1) is 7.70. The number of hydrogen-bond donors (Lipinski definition) is 1. The summed E-state index contributed by atoms with van der Waals surface area (Å²) < 4.78 is 0. The first-order chi connectivity index (χ1) is 4.83. The second-order valence-corrected chi connectivity index (χ2v) is 3.48. The van der Waals surface area contributed by atoms with Gasteiger partial charge in [-0.3, -0.25) is 0 Å². The maximum atomic E-state index is 6.73. The lowest BCUT2D eigenvalue weighted by atomic mass is 9.83. The monoisotopic (exact) mass is 140 g/mol. The van der Waals surface area contributed by atoms with Gasteiger partial charge in [0.25, 0.3) is 0 Å². The van der Waals surface area contributed by atoms with Crippen molar-refractivity contribution in [2.45, 2.75) is 32.6 Å². The number of rotatable bonds is 2. The fourth-order valence-electron chi connectivity index (χ4n) is 1.85. The Morgan fingerprint density at radius 2 is 2.30 bits per heavy atom. The van der Waals surface area contributed by atoms with E-state index in [1.165, 1.54) is 25.7 Å². The Bertz CT molecular complexity index is 112. The Kier molecular flexibility index (Phi) is 2.84. The van der Waals surface area contributed by atoms with Gasteiger partial charge in [-0.05, 0) is 24.7 Å². The molecule has 0 radical (unpaired) electrons. The van der Waals surface area contributed by atoms with Crippen LogP contribution in [0.4, 0.5) is 0 Å². The maximum Gasteiger partial charge on any atom is 0.0624 e. The van der Waals surface area contributed by atoms with Crippen LogP contribution in [0, 0.1) is 17.4 Å². The molecule has 1 aliphatic carbocycles. The highest BCUT2D eigenvalue weighted by Crippen LogP contribution is 2.28. The van der Waals surface area contributed by atoms with Gasteiger partial charge in [0.2, 0.25) is 0 Å². The van der Waals surface area contributed by atoms with E-state index in [0.29, 0.717) is 0 Å². The number of nitrogens with zero attached hydrogens (tertiary/aromatic N) is 1. The van der Waals surface area contributed by atoms with Crippen molar-refractivity contribution in [1.29, 1.82) is 5.53 Å². The number of nitrogens with one attached hydrogen (secondary N) is 1. The summed E-state index contributed by atoms with van der Waals surface area (Å²) in [6.07, 6.45) is 5.32. The van der Waals surface area contributed by atoms with Crippen LogP contribution in [0.2, 0.25) is 0 Å². The highest BCUT2D eigenvalue weighted by molar-refractivity contribution is 4.70. The molecule has 10 heavy (non-hydrogen) atoms. The summed E-state index contributed by atoms with van der Waals surface area (Å²) in [7, 11) is 0. The second kappa shape index (κ2) is 3.69. The van der Waals surface area contributed by atoms with E-state index in [1.807, 2.05) is 0 Å². The third kappa shape index (κ3) is 2.09. The fourth-order valence-corrected chi connectivity index (χ4v) is 1.85. The average molecular weight is 140 g/mol. The molecule has 1 fully saturated rings. The van der Waals surface area contributed by atoms with Crippen molar-refractivity contribution in [1.82, 2.24) is 0 Å². The zero-order valence-corrected chi connectivity index (χ0v) is 6.64. The van der Waals surface area contributed by atoms with Crippen molar-refractivity contribution in [2.24, 2.45) is 17.0 Å². The lowest BCUT2D eigenvalue weighted by Gasteiger charge is -2.24. The number of hydrogen-bond acceptors (Lipinski definition) is 2. The third-order valence-electron chi connectivity index (χ3n) is 2.39. The minimum absolute atomic E-state index is 0.723. The molecular weight excluding hydrogens is 124 g/mol. The van der Waals surface area contributed by atoms with Crippen molar-refractivity contribution < 1.29 is 0 Å². The zero-order chi connectivity index (χ0) is 7.40. The lowest BCUT2D eigenvalue weighted by molar-refractivity contribution is 0.286. The molecule has 0 aliphatic heterocycles. The Hall–Kier alpha value is -0.400. The molecule has 0 aromatic carbocycles. The molecule has 0 amide bonds. The Morgan fingerprint density at radius 1 is 1.50 bits per heavy atom. The van der Waals surface area contributed by atoms with Gasteiger partial charge in [-0.2, -0.15) is 5.11 Å². The molecule has 2 nitrogen and oxygen atoms in total. The Balaban J connectivity index is 2.24. The van der Waals surface area contributed by atoms with Gasteiger partial charge in [0.1, 0.15) is 0 Å². The molecule has 1 N–H and O–H groups in total. The minimum atomic E-state index is 0.723. The van der Waals surface area contributed by atoms with Gasteiger partial charge in [-0.1, -0.05) is 19.8 Å². The summed E-state index contributed by atoms with van der Waals surface area (Å²) in [5.41, 5.74) is 6.73. The van der Waals surface area contributed by atoms with E-state index in [9.17, 15) is 0 Å². The van der Waals surface area contributed by atoms with Crippen LogP contribution in [0.15, 0.2) is 5.11 Å². The normalized spacial score (nSPS) is 33.7. The van der Waals surface area contributed by atoms with Gasteiger partial charge in [0.15, 0.2) is 0 Å². The maximum absolute atomic E-state index is 6.73. The van der Waals surface area contributed by atoms with Gasteiger partial charge in [0.05, 0.1) is 6.54 Å². The molecule has 0 saturated heterocycles.